The Bertz CT molecular complexity index is 350. The van der Waals surface area contributed by atoms with Crippen molar-refractivity contribution in [3.05, 3.63) is 0 Å². The van der Waals surface area contributed by atoms with E-state index in [1.807, 2.05) is 0 Å². The van der Waals surface area contributed by atoms with Gasteiger partial charge in [-0.25, -0.2) is 4.79 Å². The van der Waals surface area contributed by atoms with Crippen LogP contribution in [-0.2, 0) is 14.3 Å². The number of halogens is 1. The minimum atomic E-state index is -1.13. The van der Waals surface area contributed by atoms with E-state index in [2.05, 4.69) is 10.3 Å². The van der Waals surface area contributed by atoms with E-state index in [4.69, 9.17) is 26.4 Å². The molecule has 0 aliphatic heterocycles. The summed E-state index contributed by atoms with van der Waals surface area (Å²) in [6.45, 7) is 0.901. The topological polar surface area (TPSA) is 162 Å². The first-order valence-corrected chi connectivity index (χ1v) is 6.21. The summed E-state index contributed by atoms with van der Waals surface area (Å²) in [7, 11) is 0. The fraction of sp³-hybridized carbons (Fsp3) is 0.727. The van der Waals surface area contributed by atoms with Crippen molar-refractivity contribution in [3.8, 4) is 0 Å². The Morgan fingerprint density at radius 2 is 2.00 bits per heavy atom. The molecule has 0 aromatic carbocycles. The van der Waals surface area contributed by atoms with Gasteiger partial charge in [-0.05, 0) is 12.8 Å². The first-order chi connectivity index (χ1) is 9.36. The highest BCUT2D eigenvalue weighted by Gasteiger charge is 2.21. The number of aliphatic hydroxyl groups excluding tert-OH is 2. The summed E-state index contributed by atoms with van der Waals surface area (Å²) in [6.07, 6.45) is -0.278. The molecule has 2 atom stereocenters. The largest absolute Gasteiger partial charge is 1.00 e. The van der Waals surface area contributed by atoms with E-state index in [1.54, 1.807) is 0 Å². The van der Waals surface area contributed by atoms with E-state index in [9.17, 15) is 9.59 Å². The molecular formula is C11H23ClN4O5. The first-order valence-electron chi connectivity index (χ1n) is 6.21. The average Bonchev–Trinajstić information content (AvgIpc) is 2.38. The standard InChI is InChI=1S/C11H22N4O5.ClH/c1-7(17)15-9(3-2-4-14-11(12)13)10(19)20-6-8(18)5-16;/h8-9,16,18H,2-6H2,1H3,(H,15,17)(H4,12,13,14);1H/t8?,9-;/m0./s1. The number of amides is 1. The van der Waals surface area contributed by atoms with Gasteiger partial charge in [0, 0.05) is 6.92 Å². The summed E-state index contributed by atoms with van der Waals surface area (Å²) in [5.41, 5.74) is 10.4. The van der Waals surface area contributed by atoms with Crippen LogP contribution in [0.25, 0.3) is 0 Å². The van der Waals surface area contributed by atoms with Crippen molar-refractivity contribution in [2.24, 2.45) is 11.5 Å². The Hall–Kier alpha value is -1.58. The average molecular weight is 327 g/mol. The molecule has 124 valence electrons. The monoisotopic (exact) mass is 326 g/mol. The molecule has 0 aliphatic carbocycles. The fourth-order valence-corrected chi connectivity index (χ4v) is 1.36. The van der Waals surface area contributed by atoms with Crippen molar-refractivity contribution in [2.75, 3.05) is 19.8 Å². The zero-order valence-corrected chi connectivity index (χ0v) is 12.6. The Morgan fingerprint density at radius 3 is 2.48 bits per heavy atom. The highest BCUT2D eigenvalue weighted by Crippen LogP contribution is 2.00. The quantitative estimate of drug-likeness (QED) is 0.106. The summed E-state index contributed by atoms with van der Waals surface area (Å²) in [4.78, 5) is 25.4. The van der Waals surface area contributed by atoms with Gasteiger partial charge in [-0.15, -0.1) is 0 Å². The maximum Gasteiger partial charge on any atom is 0.338 e. The van der Waals surface area contributed by atoms with Gasteiger partial charge in [-0.1, -0.05) is 0 Å². The SMILES string of the molecule is CC(=O)N[C@@H](CCC[NH+]=C(N)N)C(=O)OCC(O)CO.[Cl-]. The number of esters is 1. The van der Waals surface area contributed by atoms with E-state index >= 15 is 0 Å². The van der Waals surface area contributed by atoms with E-state index in [1.165, 1.54) is 6.92 Å². The van der Waals surface area contributed by atoms with Crippen molar-refractivity contribution in [3.63, 3.8) is 0 Å². The zero-order valence-electron chi connectivity index (χ0n) is 11.8. The third-order valence-corrected chi connectivity index (χ3v) is 2.29. The molecular weight excluding hydrogens is 304 g/mol. The van der Waals surface area contributed by atoms with Crippen molar-refractivity contribution in [1.82, 2.24) is 5.32 Å². The van der Waals surface area contributed by atoms with Gasteiger partial charge in [0.15, 0.2) is 0 Å². The molecule has 0 radical (unpaired) electrons. The Kier molecular flexibility index (Phi) is 12.6. The number of hydrogen-bond donors (Lipinski definition) is 6. The first kappa shape index (κ1) is 21.7. The molecule has 21 heavy (non-hydrogen) atoms. The normalized spacial score (nSPS) is 12.5. The second-order valence-electron chi connectivity index (χ2n) is 4.24. The molecule has 1 amide bonds. The minimum absolute atomic E-state index is 0. The van der Waals surface area contributed by atoms with Crippen molar-refractivity contribution >= 4 is 17.8 Å². The van der Waals surface area contributed by atoms with Crippen LogP contribution in [0.15, 0.2) is 0 Å². The van der Waals surface area contributed by atoms with Crippen LogP contribution in [0.3, 0.4) is 0 Å². The van der Waals surface area contributed by atoms with Crippen LogP contribution in [0.2, 0.25) is 0 Å². The number of nitrogens with two attached hydrogens (primary N) is 2. The number of nitrogens with one attached hydrogen (secondary N) is 2. The lowest BCUT2D eigenvalue weighted by Crippen LogP contribution is -3.00. The van der Waals surface area contributed by atoms with Gasteiger partial charge in [-0.2, -0.15) is 0 Å². The molecule has 9 nitrogen and oxygen atoms in total. The number of guanidine groups is 1. The third kappa shape index (κ3) is 11.9. The summed E-state index contributed by atoms with van der Waals surface area (Å²) in [6, 6.07) is -0.820. The predicted molar refractivity (Wildman–Crippen MR) is 70.1 cm³/mol. The van der Waals surface area contributed by atoms with Crippen LogP contribution in [0.1, 0.15) is 19.8 Å². The van der Waals surface area contributed by atoms with Crippen molar-refractivity contribution < 1.29 is 41.9 Å². The highest BCUT2D eigenvalue weighted by molar-refractivity contribution is 5.83. The van der Waals surface area contributed by atoms with E-state index in [0.29, 0.717) is 19.4 Å². The number of rotatable bonds is 9. The number of hydrogen-bond acceptors (Lipinski definition) is 5. The molecule has 0 bridgehead atoms. The third-order valence-electron chi connectivity index (χ3n) is 2.29. The molecule has 0 fully saturated rings. The maximum atomic E-state index is 11.7. The van der Waals surface area contributed by atoms with E-state index in [-0.39, 0.29) is 30.9 Å². The van der Waals surface area contributed by atoms with Crippen LogP contribution >= 0.6 is 0 Å². The minimum Gasteiger partial charge on any atom is -1.00 e. The predicted octanol–water partition coefficient (Wildman–Crippen LogP) is -7.47. The molecule has 0 saturated carbocycles. The molecule has 0 aromatic rings. The Balaban J connectivity index is 0. The van der Waals surface area contributed by atoms with Crippen LogP contribution in [0.4, 0.5) is 0 Å². The second kappa shape index (κ2) is 12.2. The number of ether oxygens (including phenoxy) is 1. The van der Waals surface area contributed by atoms with Crippen LogP contribution < -0.4 is 34.2 Å². The molecule has 1 unspecified atom stereocenters. The van der Waals surface area contributed by atoms with Gasteiger partial charge >= 0.3 is 11.9 Å². The summed E-state index contributed by atoms with van der Waals surface area (Å²) in [5, 5.41) is 20.2. The van der Waals surface area contributed by atoms with Crippen LogP contribution in [-0.4, -0.2) is 60.0 Å². The Labute approximate surface area is 129 Å². The van der Waals surface area contributed by atoms with E-state index in [0.717, 1.165) is 0 Å². The Morgan fingerprint density at radius 1 is 1.38 bits per heavy atom. The summed E-state index contributed by atoms with van der Waals surface area (Å²) in [5.74, 6) is -0.959. The van der Waals surface area contributed by atoms with Gasteiger partial charge < -0.3 is 32.7 Å². The van der Waals surface area contributed by atoms with Crippen LogP contribution in [0.5, 0.6) is 0 Å². The fourth-order valence-electron chi connectivity index (χ4n) is 1.36. The van der Waals surface area contributed by atoms with Crippen LogP contribution in [0, 0.1) is 0 Å². The molecule has 0 aliphatic rings. The number of carbonyl (C=O) groups excluding carboxylic acids is 2. The maximum absolute atomic E-state index is 11.7. The lowest BCUT2D eigenvalue weighted by atomic mass is 10.1. The molecule has 0 heterocycles. The number of aliphatic hydroxyl groups is 2. The zero-order chi connectivity index (χ0) is 15.5. The highest BCUT2D eigenvalue weighted by atomic mass is 35.5. The van der Waals surface area contributed by atoms with Crippen molar-refractivity contribution in [2.45, 2.75) is 31.9 Å². The molecule has 0 spiro atoms. The van der Waals surface area contributed by atoms with Gasteiger partial charge in [0.1, 0.15) is 18.8 Å². The van der Waals surface area contributed by atoms with Gasteiger partial charge in [0.2, 0.25) is 5.91 Å². The summed E-state index contributed by atoms with van der Waals surface area (Å²) < 4.78 is 4.80. The lowest BCUT2D eigenvalue weighted by Gasteiger charge is -2.17. The van der Waals surface area contributed by atoms with Gasteiger partial charge in [-0.3, -0.25) is 21.3 Å². The van der Waals surface area contributed by atoms with Crippen molar-refractivity contribution in [1.29, 1.82) is 0 Å². The second-order valence-corrected chi connectivity index (χ2v) is 4.24. The molecule has 0 saturated heterocycles. The number of carbonyl (C=O) groups is 2. The lowest BCUT2D eigenvalue weighted by molar-refractivity contribution is -0.459. The molecule has 0 rings (SSSR count). The van der Waals surface area contributed by atoms with E-state index < -0.39 is 24.7 Å². The summed E-state index contributed by atoms with van der Waals surface area (Å²) >= 11 is 0. The molecule has 0 aromatic heterocycles. The smallest absolute Gasteiger partial charge is 0.338 e. The molecule has 8 N–H and O–H groups in total. The van der Waals surface area contributed by atoms with Gasteiger partial charge in [0.05, 0.1) is 13.2 Å². The molecule has 10 heteroatoms. The van der Waals surface area contributed by atoms with Gasteiger partial charge in [0.25, 0.3) is 0 Å².